The van der Waals surface area contributed by atoms with E-state index in [1.54, 1.807) is 18.7 Å². The molecule has 1 fully saturated rings. The molecule has 0 atom stereocenters. The van der Waals surface area contributed by atoms with Gasteiger partial charge >= 0.3 is 0 Å². The quantitative estimate of drug-likeness (QED) is 0.671. The summed E-state index contributed by atoms with van der Waals surface area (Å²) < 4.78 is 5.92. The van der Waals surface area contributed by atoms with Gasteiger partial charge in [-0.15, -0.1) is 0 Å². The summed E-state index contributed by atoms with van der Waals surface area (Å²) in [6.45, 7) is 5.95. The number of nitrogens with one attached hydrogen (secondary N) is 1. The third kappa shape index (κ3) is 6.72. The normalized spacial score (nSPS) is 20.7. The summed E-state index contributed by atoms with van der Waals surface area (Å²) in [5, 5.41) is 3.27. The molecule has 1 aliphatic heterocycles. The zero-order valence-corrected chi connectivity index (χ0v) is 19.7. The van der Waals surface area contributed by atoms with Crippen LogP contribution in [-0.4, -0.2) is 30.0 Å². The van der Waals surface area contributed by atoms with Crippen molar-refractivity contribution in [2.45, 2.75) is 109 Å². The Morgan fingerprint density at radius 2 is 1.61 bits per heavy atom. The predicted molar refractivity (Wildman–Crippen MR) is 126 cm³/mol. The zero-order chi connectivity index (χ0) is 22.3. The van der Waals surface area contributed by atoms with Gasteiger partial charge in [0.15, 0.2) is 5.60 Å². The minimum atomic E-state index is -0.924. The van der Waals surface area contributed by atoms with Crippen molar-refractivity contribution in [3.8, 4) is 5.75 Å². The Labute approximate surface area is 187 Å². The highest BCUT2D eigenvalue weighted by Crippen LogP contribution is 2.38. The zero-order valence-electron chi connectivity index (χ0n) is 19.7. The lowest BCUT2D eigenvalue weighted by molar-refractivity contribution is -0.132. The van der Waals surface area contributed by atoms with Crippen LogP contribution in [0, 0.1) is 6.92 Å². The second-order valence-electron chi connectivity index (χ2n) is 9.81. The summed E-state index contributed by atoms with van der Waals surface area (Å²) in [5.74, 6) is 0.655. The number of aryl methyl sites for hydroxylation is 1. The second kappa shape index (κ2) is 11.0. The van der Waals surface area contributed by atoms with Gasteiger partial charge in [-0.3, -0.25) is 9.59 Å². The van der Waals surface area contributed by atoms with Crippen LogP contribution in [0.5, 0.6) is 5.75 Å². The average Bonchev–Trinajstić information content (AvgIpc) is 2.71. The van der Waals surface area contributed by atoms with Crippen molar-refractivity contribution in [3.63, 3.8) is 0 Å². The first kappa shape index (κ1) is 23.6. The monoisotopic (exact) mass is 428 g/mol. The van der Waals surface area contributed by atoms with Crippen LogP contribution in [0.4, 0.5) is 5.69 Å². The van der Waals surface area contributed by atoms with E-state index >= 15 is 0 Å². The van der Waals surface area contributed by atoms with E-state index in [4.69, 9.17) is 4.74 Å². The molecule has 0 saturated heterocycles. The molecule has 2 aliphatic rings. The number of amides is 2. The molecule has 0 spiro atoms. The number of hydrogen-bond donors (Lipinski definition) is 1. The van der Waals surface area contributed by atoms with Crippen LogP contribution in [0.25, 0.3) is 0 Å². The van der Waals surface area contributed by atoms with Gasteiger partial charge < -0.3 is 15.0 Å². The van der Waals surface area contributed by atoms with Crippen molar-refractivity contribution in [1.82, 2.24) is 5.32 Å². The van der Waals surface area contributed by atoms with Crippen molar-refractivity contribution in [1.29, 1.82) is 0 Å². The van der Waals surface area contributed by atoms with Gasteiger partial charge in [0.25, 0.3) is 5.91 Å². The predicted octanol–water partition coefficient (Wildman–Crippen LogP) is 5.68. The van der Waals surface area contributed by atoms with Crippen LogP contribution in [0.1, 0.15) is 96.5 Å². The number of benzene rings is 1. The van der Waals surface area contributed by atoms with Crippen LogP contribution in [-0.2, 0) is 9.59 Å². The smallest absolute Gasteiger partial charge is 0.270 e. The summed E-state index contributed by atoms with van der Waals surface area (Å²) in [4.78, 5) is 27.5. The topological polar surface area (TPSA) is 58.6 Å². The third-order valence-electron chi connectivity index (χ3n) is 6.56. The molecule has 172 valence electrons. The van der Waals surface area contributed by atoms with E-state index < -0.39 is 5.60 Å². The molecule has 1 aromatic rings. The van der Waals surface area contributed by atoms with Crippen molar-refractivity contribution in [2.75, 3.05) is 11.4 Å². The van der Waals surface area contributed by atoms with Crippen molar-refractivity contribution < 1.29 is 14.3 Å². The van der Waals surface area contributed by atoms with Gasteiger partial charge in [-0.1, -0.05) is 63.9 Å². The van der Waals surface area contributed by atoms with Gasteiger partial charge in [0.1, 0.15) is 5.75 Å². The molecular formula is C26H40N2O3. The van der Waals surface area contributed by atoms with E-state index in [0.29, 0.717) is 18.7 Å². The SMILES string of the molecule is Cc1ccc2c(c1)N(CCC(=O)NC1CCCCCCCCCCC1)C(=O)C(C)(C)O2. The molecule has 2 amide bonds. The van der Waals surface area contributed by atoms with Crippen LogP contribution in [0.3, 0.4) is 0 Å². The van der Waals surface area contributed by atoms with Gasteiger partial charge in [-0.25, -0.2) is 0 Å². The molecule has 1 aromatic carbocycles. The van der Waals surface area contributed by atoms with Gasteiger partial charge in [0.05, 0.1) is 5.69 Å². The maximum Gasteiger partial charge on any atom is 0.270 e. The Hall–Kier alpha value is -2.04. The summed E-state index contributed by atoms with van der Waals surface area (Å²) in [5.41, 5.74) is 0.910. The van der Waals surface area contributed by atoms with Crippen LogP contribution in [0.2, 0.25) is 0 Å². The van der Waals surface area contributed by atoms with Crippen molar-refractivity contribution in [3.05, 3.63) is 23.8 Å². The van der Waals surface area contributed by atoms with Gasteiger partial charge in [0, 0.05) is 19.0 Å². The number of hydrogen-bond acceptors (Lipinski definition) is 3. The lowest BCUT2D eigenvalue weighted by atomic mass is 9.98. The first-order valence-corrected chi connectivity index (χ1v) is 12.3. The van der Waals surface area contributed by atoms with Crippen LogP contribution < -0.4 is 15.0 Å². The Balaban J connectivity index is 1.58. The van der Waals surface area contributed by atoms with Crippen LogP contribution in [0.15, 0.2) is 18.2 Å². The van der Waals surface area contributed by atoms with E-state index in [-0.39, 0.29) is 17.9 Å². The summed E-state index contributed by atoms with van der Waals surface area (Å²) >= 11 is 0. The third-order valence-corrected chi connectivity index (χ3v) is 6.56. The number of carbonyl (C=O) groups is 2. The minimum absolute atomic E-state index is 0.0448. The van der Waals surface area contributed by atoms with E-state index in [0.717, 1.165) is 24.1 Å². The molecule has 3 rings (SSSR count). The minimum Gasteiger partial charge on any atom is -0.476 e. The van der Waals surface area contributed by atoms with Crippen LogP contribution >= 0.6 is 0 Å². The lowest BCUT2D eigenvalue weighted by Gasteiger charge is -2.39. The highest BCUT2D eigenvalue weighted by molar-refractivity contribution is 6.02. The van der Waals surface area contributed by atoms with E-state index in [9.17, 15) is 9.59 Å². The fourth-order valence-corrected chi connectivity index (χ4v) is 4.72. The van der Waals surface area contributed by atoms with Gasteiger partial charge in [-0.05, 0) is 51.3 Å². The molecule has 31 heavy (non-hydrogen) atoms. The molecule has 0 unspecified atom stereocenters. The molecule has 0 bridgehead atoms. The van der Waals surface area contributed by atoms with Crippen molar-refractivity contribution >= 4 is 17.5 Å². The second-order valence-corrected chi connectivity index (χ2v) is 9.81. The number of ether oxygens (including phenoxy) is 1. The summed E-state index contributed by atoms with van der Waals surface area (Å²) in [6, 6.07) is 6.13. The molecule has 1 heterocycles. The van der Waals surface area contributed by atoms with E-state index in [1.165, 1.54) is 57.8 Å². The fraction of sp³-hybridized carbons (Fsp3) is 0.692. The molecule has 1 saturated carbocycles. The lowest BCUT2D eigenvalue weighted by Crippen LogP contribution is -2.53. The largest absolute Gasteiger partial charge is 0.476 e. The number of anilines is 1. The first-order valence-electron chi connectivity index (χ1n) is 12.3. The van der Waals surface area contributed by atoms with Gasteiger partial charge in [-0.2, -0.15) is 0 Å². The highest BCUT2D eigenvalue weighted by atomic mass is 16.5. The molecule has 5 nitrogen and oxygen atoms in total. The van der Waals surface area contributed by atoms with E-state index in [1.807, 2.05) is 25.1 Å². The molecule has 1 N–H and O–H groups in total. The standard InChI is InChI=1S/C26H40N2O3/c1-20-15-16-23-22(19-20)28(25(30)26(2,3)31-23)18-17-24(29)27-21-13-11-9-7-5-4-6-8-10-12-14-21/h15-16,19,21H,4-14,17-18H2,1-3H3,(H,27,29). The highest BCUT2D eigenvalue weighted by Gasteiger charge is 2.40. The molecule has 0 radical (unpaired) electrons. The molecular weight excluding hydrogens is 388 g/mol. The maximum atomic E-state index is 13.0. The first-order chi connectivity index (χ1) is 14.9. The number of nitrogens with zero attached hydrogens (tertiary/aromatic N) is 1. The molecule has 0 aromatic heterocycles. The van der Waals surface area contributed by atoms with E-state index in [2.05, 4.69) is 5.32 Å². The maximum absolute atomic E-state index is 13.0. The number of rotatable bonds is 4. The van der Waals surface area contributed by atoms with Gasteiger partial charge in [0.2, 0.25) is 5.91 Å². The Bertz CT molecular complexity index is 747. The molecule has 5 heteroatoms. The number of carbonyl (C=O) groups excluding carboxylic acids is 2. The Morgan fingerprint density at radius 1 is 1.03 bits per heavy atom. The Kier molecular flexibility index (Phi) is 8.39. The number of fused-ring (bicyclic) bond motifs is 1. The summed E-state index contributed by atoms with van der Waals surface area (Å²) in [6.07, 6.45) is 14.0. The fourth-order valence-electron chi connectivity index (χ4n) is 4.72. The average molecular weight is 429 g/mol. The summed E-state index contributed by atoms with van der Waals surface area (Å²) in [7, 11) is 0. The Morgan fingerprint density at radius 3 is 2.23 bits per heavy atom. The molecule has 1 aliphatic carbocycles. The van der Waals surface area contributed by atoms with Crippen molar-refractivity contribution in [2.24, 2.45) is 0 Å².